The zero-order chi connectivity index (χ0) is 15.4. The van der Waals surface area contributed by atoms with Gasteiger partial charge in [-0.05, 0) is 37.2 Å². The highest BCUT2D eigenvalue weighted by atomic mass is 32.1. The molecule has 2 amide bonds. The third kappa shape index (κ3) is 4.21. The molecule has 2 rings (SSSR count). The van der Waals surface area contributed by atoms with E-state index in [1.807, 2.05) is 0 Å². The first kappa shape index (κ1) is 14.9. The summed E-state index contributed by atoms with van der Waals surface area (Å²) in [5, 5.41) is 12.9. The Balaban J connectivity index is 1.81. The van der Waals surface area contributed by atoms with Gasteiger partial charge in [-0.2, -0.15) is 0 Å². The van der Waals surface area contributed by atoms with Gasteiger partial charge in [-0.3, -0.25) is 30.6 Å². The van der Waals surface area contributed by atoms with Gasteiger partial charge in [-0.25, -0.2) is 0 Å². The van der Waals surface area contributed by atoms with Gasteiger partial charge in [-0.15, -0.1) is 0 Å². The highest BCUT2D eigenvalue weighted by Crippen LogP contribution is 2.28. The molecule has 1 aromatic rings. The van der Waals surface area contributed by atoms with Crippen LogP contribution in [0.15, 0.2) is 24.3 Å². The molecule has 1 fully saturated rings. The van der Waals surface area contributed by atoms with Crippen molar-refractivity contribution < 1.29 is 14.5 Å². The zero-order valence-electron chi connectivity index (χ0n) is 10.8. The van der Waals surface area contributed by atoms with Crippen LogP contribution in [0.3, 0.4) is 0 Å². The van der Waals surface area contributed by atoms with Crippen molar-refractivity contribution in [1.29, 1.82) is 0 Å². The number of carbonyl (C=O) groups is 2. The highest BCUT2D eigenvalue weighted by Gasteiger charge is 2.30. The molecule has 0 radical (unpaired) electrons. The predicted molar refractivity (Wildman–Crippen MR) is 77.2 cm³/mol. The number of nitro benzene ring substituents is 1. The number of carbonyl (C=O) groups excluding carboxylic acids is 2. The number of hydrogen-bond donors (Lipinski definition) is 3. The monoisotopic (exact) mass is 308 g/mol. The number of nitro groups is 1. The van der Waals surface area contributed by atoms with E-state index in [9.17, 15) is 19.7 Å². The SMILES string of the molecule is O=C(NNC(=S)NC(=O)C1CC1)c1ccc([N+](=O)[O-])cc1. The maximum Gasteiger partial charge on any atom is 0.269 e. The van der Waals surface area contributed by atoms with Crippen molar-refractivity contribution in [3.8, 4) is 0 Å². The van der Waals surface area contributed by atoms with Gasteiger partial charge in [0.1, 0.15) is 0 Å². The minimum absolute atomic E-state index is 0.00200. The molecule has 0 bridgehead atoms. The fourth-order valence-corrected chi connectivity index (χ4v) is 1.66. The van der Waals surface area contributed by atoms with Gasteiger partial charge in [0.05, 0.1) is 4.92 Å². The number of non-ortho nitro benzene ring substituents is 1. The van der Waals surface area contributed by atoms with Crippen LogP contribution in [0.2, 0.25) is 0 Å². The third-order valence-corrected chi connectivity index (χ3v) is 3.02. The molecule has 1 saturated carbocycles. The quantitative estimate of drug-likeness (QED) is 0.429. The predicted octanol–water partition coefficient (Wildman–Crippen LogP) is 0.640. The average molecular weight is 308 g/mol. The molecular formula is C12H12N4O4S. The number of rotatable bonds is 3. The second-order valence-corrected chi connectivity index (χ2v) is 4.88. The van der Waals surface area contributed by atoms with E-state index in [1.165, 1.54) is 24.3 Å². The minimum atomic E-state index is -0.553. The van der Waals surface area contributed by atoms with Crippen molar-refractivity contribution in [3.05, 3.63) is 39.9 Å². The molecule has 9 heteroatoms. The molecule has 110 valence electrons. The largest absolute Gasteiger partial charge is 0.302 e. The lowest BCUT2D eigenvalue weighted by Gasteiger charge is -2.10. The summed E-state index contributed by atoms with van der Waals surface area (Å²) in [7, 11) is 0. The average Bonchev–Trinajstić information content (AvgIpc) is 3.29. The Morgan fingerprint density at radius 2 is 1.81 bits per heavy atom. The van der Waals surface area contributed by atoms with Gasteiger partial charge in [-0.1, -0.05) is 0 Å². The van der Waals surface area contributed by atoms with E-state index in [1.54, 1.807) is 0 Å². The minimum Gasteiger partial charge on any atom is -0.302 e. The van der Waals surface area contributed by atoms with E-state index in [4.69, 9.17) is 12.2 Å². The smallest absolute Gasteiger partial charge is 0.269 e. The van der Waals surface area contributed by atoms with Gasteiger partial charge in [0, 0.05) is 23.6 Å². The van der Waals surface area contributed by atoms with Crippen molar-refractivity contribution in [2.24, 2.45) is 5.92 Å². The van der Waals surface area contributed by atoms with Crippen LogP contribution >= 0.6 is 12.2 Å². The second kappa shape index (κ2) is 6.27. The van der Waals surface area contributed by atoms with Crippen molar-refractivity contribution in [2.75, 3.05) is 0 Å². The molecule has 1 aliphatic carbocycles. The number of nitrogens with one attached hydrogen (secondary N) is 3. The van der Waals surface area contributed by atoms with Crippen LogP contribution in [0.5, 0.6) is 0 Å². The molecule has 0 atom stereocenters. The molecular weight excluding hydrogens is 296 g/mol. The zero-order valence-corrected chi connectivity index (χ0v) is 11.6. The van der Waals surface area contributed by atoms with E-state index < -0.39 is 10.8 Å². The molecule has 0 spiro atoms. The lowest BCUT2D eigenvalue weighted by atomic mass is 10.2. The lowest BCUT2D eigenvalue weighted by Crippen LogP contribution is -2.48. The molecule has 1 aromatic carbocycles. The standard InChI is InChI=1S/C12H12N4O4S/c17-10(7-1-2-7)13-12(21)15-14-11(18)8-3-5-9(6-4-8)16(19)20/h3-7H,1-2H2,(H,14,18)(H2,13,15,17,21). The number of nitrogens with zero attached hydrogens (tertiary/aromatic N) is 1. The third-order valence-electron chi connectivity index (χ3n) is 2.81. The molecule has 0 heterocycles. The second-order valence-electron chi connectivity index (χ2n) is 4.48. The maximum absolute atomic E-state index is 11.7. The number of benzene rings is 1. The molecule has 0 aromatic heterocycles. The van der Waals surface area contributed by atoms with E-state index in [-0.39, 0.29) is 28.2 Å². The van der Waals surface area contributed by atoms with Gasteiger partial charge >= 0.3 is 0 Å². The van der Waals surface area contributed by atoms with Gasteiger partial charge in [0.2, 0.25) is 5.91 Å². The van der Waals surface area contributed by atoms with Crippen LogP contribution in [0.25, 0.3) is 0 Å². The summed E-state index contributed by atoms with van der Waals surface area (Å²) in [6, 6.07) is 5.09. The van der Waals surface area contributed by atoms with Crippen LogP contribution in [0.1, 0.15) is 23.2 Å². The molecule has 0 aliphatic heterocycles. The van der Waals surface area contributed by atoms with Gasteiger partial charge < -0.3 is 5.32 Å². The van der Waals surface area contributed by atoms with Crippen molar-refractivity contribution in [3.63, 3.8) is 0 Å². The van der Waals surface area contributed by atoms with E-state index in [0.717, 1.165) is 12.8 Å². The first-order chi connectivity index (χ1) is 9.97. The number of hydrazine groups is 1. The van der Waals surface area contributed by atoms with E-state index >= 15 is 0 Å². The molecule has 0 unspecified atom stereocenters. The Bertz CT molecular complexity index is 598. The van der Waals surface area contributed by atoms with Gasteiger partial charge in [0.25, 0.3) is 11.6 Å². The summed E-state index contributed by atoms with van der Waals surface area (Å²) in [4.78, 5) is 33.1. The molecule has 21 heavy (non-hydrogen) atoms. The van der Waals surface area contributed by atoms with Crippen LogP contribution in [-0.2, 0) is 4.79 Å². The molecule has 8 nitrogen and oxygen atoms in total. The van der Waals surface area contributed by atoms with E-state index in [2.05, 4.69) is 16.2 Å². The molecule has 0 saturated heterocycles. The Kier molecular flexibility index (Phi) is 4.43. The summed E-state index contributed by atoms with van der Waals surface area (Å²) < 4.78 is 0. The summed E-state index contributed by atoms with van der Waals surface area (Å²) in [5.41, 5.74) is 4.82. The fourth-order valence-electron chi connectivity index (χ4n) is 1.51. The first-order valence-corrected chi connectivity index (χ1v) is 6.54. The first-order valence-electron chi connectivity index (χ1n) is 6.13. The number of thiocarbonyl (C=S) groups is 1. The van der Waals surface area contributed by atoms with Crippen LogP contribution in [0.4, 0.5) is 5.69 Å². The van der Waals surface area contributed by atoms with Crippen LogP contribution in [0, 0.1) is 16.0 Å². The Morgan fingerprint density at radius 1 is 1.19 bits per heavy atom. The van der Waals surface area contributed by atoms with E-state index in [0.29, 0.717) is 0 Å². The van der Waals surface area contributed by atoms with Crippen molar-refractivity contribution in [1.82, 2.24) is 16.2 Å². The molecule has 1 aliphatic rings. The van der Waals surface area contributed by atoms with Gasteiger partial charge in [0.15, 0.2) is 5.11 Å². The van der Waals surface area contributed by atoms with Crippen molar-refractivity contribution in [2.45, 2.75) is 12.8 Å². The summed E-state index contributed by atoms with van der Waals surface area (Å²) in [6.07, 6.45) is 1.70. The van der Waals surface area contributed by atoms with Crippen LogP contribution < -0.4 is 16.2 Å². The Morgan fingerprint density at radius 3 is 2.33 bits per heavy atom. The summed E-state index contributed by atoms with van der Waals surface area (Å²) in [6.45, 7) is 0. The topological polar surface area (TPSA) is 113 Å². The normalized spacial score (nSPS) is 13.1. The maximum atomic E-state index is 11.7. The number of amides is 2. The van der Waals surface area contributed by atoms with Crippen molar-refractivity contribution >= 4 is 34.8 Å². The summed E-state index contributed by atoms with van der Waals surface area (Å²) in [5.74, 6) is -0.680. The number of hydrogen-bond acceptors (Lipinski definition) is 5. The molecule has 3 N–H and O–H groups in total. The summed E-state index contributed by atoms with van der Waals surface area (Å²) >= 11 is 4.85. The lowest BCUT2D eigenvalue weighted by molar-refractivity contribution is -0.384. The Labute approximate surface area is 125 Å². The Hall–Kier alpha value is -2.55. The van der Waals surface area contributed by atoms with Crippen LogP contribution in [-0.4, -0.2) is 21.9 Å². The fraction of sp³-hybridized carbons (Fsp3) is 0.250. The highest BCUT2D eigenvalue weighted by molar-refractivity contribution is 7.80.